The van der Waals surface area contributed by atoms with Crippen molar-refractivity contribution in [3.05, 3.63) is 119 Å². The molecule has 11 unspecified atom stereocenters. The first kappa shape index (κ1) is 46.8. The number of carbonyl (C=O) groups excluding carboxylic acids is 6. The molecule has 3 aliphatic carbocycles. The number of ether oxygens (including phenoxy) is 4. The van der Waals surface area contributed by atoms with E-state index >= 15 is 4.79 Å². The van der Waals surface area contributed by atoms with Gasteiger partial charge in [0.25, 0.3) is 5.91 Å². The minimum atomic E-state index is -2.48. The molecule has 15 heteroatoms. The van der Waals surface area contributed by atoms with Gasteiger partial charge >= 0.3 is 23.9 Å². The second-order valence-corrected chi connectivity index (χ2v) is 17.6. The Morgan fingerprint density at radius 2 is 1.38 bits per heavy atom. The van der Waals surface area contributed by atoms with Crippen molar-refractivity contribution in [2.24, 2.45) is 22.7 Å². The first-order chi connectivity index (χ1) is 29.6. The maximum Gasteiger partial charge on any atom is 0.338 e. The van der Waals surface area contributed by atoms with E-state index in [0.717, 1.165) is 13.8 Å². The monoisotopic (exact) mass is 869 g/mol. The summed E-state index contributed by atoms with van der Waals surface area (Å²) in [5, 5.41) is 51.7. The SMILES string of the molecule is CC(=O)OC1C(=O)C2(C)C(O)CC(C)C(CO)(OC(C)=O)C2C(OC(=O)c2ccccc2)C2(O)CC(OC(=O)C(O)C(NC(=O)c3ccccc3)c3ccccc3)C(C)=C1C2(C)C. The molecule has 2 saturated carbocycles. The lowest BCUT2D eigenvalue weighted by Gasteiger charge is -2.64. The van der Waals surface area contributed by atoms with Crippen LogP contribution in [0, 0.1) is 22.7 Å². The molecule has 63 heavy (non-hydrogen) atoms. The molecular formula is C48H55NO14. The Morgan fingerprint density at radius 1 is 0.825 bits per heavy atom. The summed E-state index contributed by atoms with van der Waals surface area (Å²) in [7, 11) is 0. The summed E-state index contributed by atoms with van der Waals surface area (Å²) in [6.45, 7) is 8.62. The standard InChI is InChI=1S/C48H55NO14/c1-26-23-34(53)46(7)39(47(26,25-50)63-29(4)52)41(62-43(57)32-21-15-10-16-22-32)48(59)24-33(27(2)35(45(48,5)6)38(40(46)55)60-28(3)51)61-44(58)37(54)36(30-17-11-8-12-18-30)49-42(56)31-19-13-9-14-20-31/h8-22,26,33-34,36-39,41,50,53-54,59H,23-25H2,1-7H3,(H,49,56). The molecule has 336 valence electrons. The highest BCUT2D eigenvalue weighted by Gasteiger charge is 2.75. The summed E-state index contributed by atoms with van der Waals surface area (Å²) in [5.74, 6) is -8.30. The Bertz CT molecular complexity index is 2260. The largest absolute Gasteiger partial charge is 0.456 e. The van der Waals surface area contributed by atoms with Gasteiger partial charge in [0.2, 0.25) is 0 Å². The van der Waals surface area contributed by atoms with Crippen molar-refractivity contribution in [1.29, 1.82) is 0 Å². The lowest BCUT2D eigenvalue weighted by molar-refractivity contribution is -0.280. The zero-order chi connectivity index (χ0) is 46.2. The molecule has 3 aromatic carbocycles. The van der Waals surface area contributed by atoms with Crippen LogP contribution in [-0.4, -0.2) is 104 Å². The minimum absolute atomic E-state index is 0.0247. The Morgan fingerprint density at radius 3 is 1.92 bits per heavy atom. The third-order valence-electron chi connectivity index (χ3n) is 13.6. The number of carbonyl (C=O) groups is 6. The molecule has 0 heterocycles. The number of aliphatic hydroxyl groups excluding tert-OH is 3. The van der Waals surface area contributed by atoms with E-state index in [-0.39, 0.29) is 28.7 Å². The minimum Gasteiger partial charge on any atom is -0.456 e. The highest BCUT2D eigenvalue weighted by Crippen LogP contribution is 2.63. The number of ketones is 1. The van der Waals surface area contributed by atoms with Crippen molar-refractivity contribution in [2.45, 2.75) is 109 Å². The number of nitrogens with one attached hydrogen (secondary N) is 1. The molecule has 2 bridgehead atoms. The first-order valence-electron chi connectivity index (χ1n) is 20.8. The van der Waals surface area contributed by atoms with E-state index < -0.39 is 119 Å². The van der Waals surface area contributed by atoms with Gasteiger partial charge in [-0.05, 0) is 61.2 Å². The highest BCUT2D eigenvalue weighted by atomic mass is 16.6. The number of aliphatic hydroxyl groups is 4. The fraction of sp³-hybridized carbons (Fsp3) is 0.458. The van der Waals surface area contributed by atoms with Crippen molar-refractivity contribution < 1.29 is 68.1 Å². The van der Waals surface area contributed by atoms with Gasteiger partial charge in [-0.3, -0.25) is 19.2 Å². The molecule has 0 saturated heterocycles. The van der Waals surface area contributed by atoms with Crippen molar-refractivity contribution in [3.8, 4) is 0 Å². The van der Waals surface area contributed by atoms with Gasteiger partial charge in [-0.25, -0.2) is 9.59 Å². The number of rotatable bonds is 11. The van der Waals surface area contributed by atoms with Crippen LogP contribution in [0.1, 0.15) is 93.6 Å². The molecule has 2 fully saturated rings. The van der Waals surface area contributed by atoms with Crippen LogP contribution in [0.2, 0.25) is 0 Å². The maximum atomic E-state index is 15.5. The highest BCUT2D eigenvalue weighted by molar-refractivity contribution is 5.96. The number of benzene rings is 3. The Kier molecular flexibility index (Phi) is 13.2. The van der Waals surface area contributed by atoms with Gasteiger partial charge in [0, 0.05) is 37.2 Å². The molecule has 11 atom stereocenters. The van der Waals surface area contributed by atoms with E-state index in [9.17, 15) is 44.4 Å². The lowest BCUT2D eigenvalue weighted by Crippen LogP contribution is -2.77. The van der Waals surface area contributed by atoms with Crippen LogP contribution in [0.5, 0.6) is 0 Å². The molecule has 3 aromatic rings. The van der Waals surface area contributed by atoms with Crippen LogP contribution in [0.25, 0.3) is 0 Å². The number of fused-ring (bicyclic) bond motifs is 3. The fourth-order valence-electron chi connectivity index (χ4n) is 10.2. The van der Waals surface area contributed by atoms with Gasteiger partial charge in [0.15, 0.2) is 18.0 Å². The molecule has 1 amide bonds. The Labute approximate surface area is 365 Å². The van der Waals surface area contributed by atoms with E-state index in [1.54, 1.807) is 85.8 Å². The average molecular weight is 870 g/mol. The summed E-state index contributed by atoms with van der Waals surface area (Å²) >= 11 is 0. The summed E-state index contributed by atoms with van der Waals surface area (Å²) in [4.78, 5) is 83.7. The zero-order valence-corrected chi connectivity index (χ0v) is 36.3. The number of hydrogen-bond donors (Lipinski definition) is 5. The van der Waals surface area contributed by atoms with E-state index in [1.165, 1.54) is 39.8 Å². The van der Waals surface area contributed by atoms with Crippen LogP contribution in [0.4, 0.5) is 0 Å². The number of hydrogen-bond acceptors (Lipinski definition) is 14. The summed E-state index contributed by atoms with van der Waals surface area (Å²) in [6, 6.07) is 22.7. The van der Waals surface area contributed by atoms with E-state index in [2.05, 4.69) is 5.32 Å². The molecule has 6 rings (SSSR count). The van der Waals surface area contributed by atoms with Crippen LogP contribution in [0.15, 0.2) is 102 Å². The molecule has 0 spiro atoms. The zero-order valence-electron chi connectivity index (χ0n) is 36.3. The predicted octanol–water partition coefficient (Wildman–Crippen LogP) is 3.97. The number of amides is 1. The van der Waals surface area contributed by atoms with Gasteiger partial charge in [0.1, 0.15) is 23.4 Å². The van der Waals surface area contributed by atoms with Crippen molar-refractivity contribution in [2.75, 3.05) is 6.61 Å². The van der Waals surface area contributed by atoms with E-state index in [4.69, 9.17) is 18.9 Å². The van der Waals surface area contributed by atoms with Crippen LogP contribution in [-0.2, 0) is 38.1 Å². The van der Waals surface area contributed by atoms with Gasteiger partial charge in [-0.15, -0.1) is 0 Å². The van der Waals surface area contributed by atoms with E-state index in [1.807, 2.05) is 0 Å². The topological polar surface area (TPSA) is 232 Å². The second-order valence-electron chi connectivity index (χ2n) is 17.6. The van der Waals surface area contributed by atoms with Crippen molar-refractivity contribution in [1.82, 2.24) is 5.32 Å². The van der Waals surface area contributed by atoms with Crippen LogP contribution >= 0.6 is 0 Å². The summed E-state index contributed by atoms with van der Waals surface area (Å²) in [6.07, 6.45) is -9.87. The Balaban J connectivity index is 1.56. The molecule has 0 aromatic heterocycles. The molecule has 0 radical (unpaired) electrons. The van der Waals surface area contributed by atoms with Gasteiger partial charge in [-0.2, -0.15) is 0 Å². The van der Waals surface area contributed by atoms with E-state index in [0.29, 0.717) is 5.56 Å². The summed E-state index contributed by atoms with van der Waals surface area (Å²) in [5.41, 5.74) is -7.82. The third kappa shape index (κ3) is 8.18. The number of esters is 4. The normalized spacial score (nSPS) is 30.9. The fourth-order valence-corrected chi connectivity index (χ4v) is 10.2. The number of Topliss-reactive ketones (excluding diaryl/α,β-unsaturated/α-hetero) is 1. The lowest BCUT2D eigenvalue weighted by atomic mass is 9.44. The maximum absolute atomic E-state index is 15.5. The van der Waals surface area contributed by atoms with Crippen LogP contribution in [0.3, 0.4) is 0 Å². The molecule has 5 N–H and O–H groups in total. The predicted molar refractivity (Wildman–Crippen MR) is 224 cm³/mol. The third-order valence-corrected chi connectivity index (χ3v) is 13.6. The van der Waals surface area contributed by atoms with Crippen molar-refractivity contribution in [3.63, 3.8) is 0 Å². The molecule has 0 aliphatic heterocycles. The molecule has 3 aliphatic rings. The smallest absolute Gasteiger partial charge is 0.338 e. The van der Waals surface area contributed by atoms with Gasteiger partial charge < -0.3 is 44.7 Å². The first-order valence-corrected chi connectivity index (χ1v) is 20.8. The van der Waals surface area contributed by atoms with Crippen molar-refractivity contribution >= 4 is 35.6 Å². The quantitative estimate of drug-likeness (QED) is 0.104. The average Bonchev–Trinajstić information content (AvgIpc) is 3.25. The van der Waals surface area contributed by atoms with Gasteiger partial charge in [0.05, 0.1) is 35.6 Å². The molecule has 15 nitrogen and oxygen atoms in total. The second kappa shape index (κ2) is 17.8. The summed E-state index contributed by atoms with van der Waals surface area (Å²) < 4.78 is 24.3. The van der Waals surface area contributed by atoms with Gasteiger partial charge in [-0.1, -0.05) is 87.5 Å². The Hall–Kier alpha value is -5.74. The molecular weight excluding hydrogens is 815 g/mol. The van der Waals surface area contributed by atoms with Crippen LogP contribution < -0.4 is 5.32 Å².